The number of ether oxygens (including phenoxy) is 1. The van der Waals surface area contributed by atoms with Gasteiger partial charge in [-0.05, 0) is 36.8 Å². The molecular weight excluding hydrogens is 252 g/mol. The van der Waals surface area contributed by atoms with Crippen molar-refractivity contribution in [3.63, 3.8) is 0 Å². The van der Waals surface area contributed by atoms with Crippen LogP contribution in [0.3, 0.4) is 0 Å². The van der Waals surface area contributed by atoms with Gasteiger partial charge < -0.3 is 15.8 Å². The Balaban J connectivity index is 2.00. The van der Waals surface area contributed by atoms with E-state index < -0.39 is 6.04 Å². The zero-order valence-corrected chi connectivity index (χ0v) is 11.4. The summed E-state index contributed by atoms with van der Waals surface area (Å²) in [6.45, 7) is 2.54. The molecule has 2 aromatic carbocycles. The molecule has 4 nitrogen and oxygen atoms in total. The quantitative estimate of drug-likeness (QED) is 0.878. The lowest BCUT2D eigenvalue weighted by Crippen LogP contribution is -2.27. The van der Waals surface area contributed by atoms with Crippen LogP contribution in [-0.2, 0) is 4.79 Å². The van der Waals surface area contributed by atoms with Crippen molar-refractivity contribution in [1.29, 1.82) is 0 Å². The molecule has 104 valence electrons. The minimum Gasteiger partial charge on any atom is -0.494 e. The lowest BCUT2D eigenvalue weighted by atomic mass is 10.1. The number of nitrogens with two attached hydrogens (primary N) is 1. The van der Waals surface area contributed by atoms with Gasteiger partial charge in [0.1, 0.15) is 11.8 Å². The van der Waals surface area contributed by atoms with E-state index in [1.54, 1.807) is 12.1 Å². The molecule has 0 aliphatic carbocycles. The summed E-state index contributed by atoms with van der Waals surface area (Å²) in [5.41, 5.74) is 7.41. The highest BCUT2D eigenvalue weighted by Gasteiger charge is 2.15. The van der Waals surface area contributed by atoms with Gasteiger partial charge in [-0.3, -0.25) is 4.79 Å². The first-order chi connectivity index (χ1) is 9.70. The number of hydrogen-bond acceptors (Lipinski definition) is 3. The van der Waals surface area contributed by atoms with Gasteiger partial charge in [0, 0.05) is 5.69 Å². The van der Waals surface area contributed by atoms with Gasteiger partial charge >= 0.3 is 0 Å². The number of rotatable bonds is 5. The van der Waals surface area contributed by atoms with Crippen molar-refractivity contribution in [3.8, 4) is 5.75 Å². The predicted molar refractivity (Wildman–Crippen MR) is 79.6 cm³/mol. The molecule has 0 aromatic heterocycles. The Hall–Kier alpha value is -2.33. The van der Waals surface area contributed by atoms with E-state index in [0.717, 1.165) is 11.3 Å². The number of amides is 1. The summed E-state index contributed by atoms with van der Waals surface area (Å²) in [6.07, 6.45) is 0. The van der Waals surface area contributed by atoms with E-state index in [1.807, 2.05) is 49.4 Å². The van der Waals surface area contributed by atoms with Crippen LogP contribution in [0.5, 0.6) is 5.75 Å². The maximum Gasteiger partial charge on any atom is 0.245 e. The van der Waals surface area contributed by atoms with Gasteiger partial charge in [0.2, 0.25) is 5.91 Å². The smallest absolute Gasteiger partial charge is 0.245 e. The van der Waals surface area contributed by atoms with Crippen LogP contribution < -0.4 is 15.8 Å². The molecule has 2 rings (SSSR count). The van der Waals surface area contributed by atoms with Gasteiger partial charge in [0.15, 0.2) is 0 Å². The molecule has 20 heavy (non-hydrogen) atoms. The lowest BCUT2D eigenvalue weighted by molar-refractivity contribution is -0.117. The molecule has 0 unspecified atom stereocenters. The molecule has 1 amide bonds. The molecule has 0 saturated heterocycles. The number of hydrogen-bond donors (Lipinski definition) is 2. The first-order valence-electron chi connectivity index (χ1n) is 6.55. The summed E-state index contributed by atoms with van der Waals surface area (Å²) < 4.78 is 5.35. The highest BCUT2D eigenvalue weighted by atomic mass is 16.5. The first kappa shape index (κ1) is 14.1. The standard InChI is InChI=1S/C16H18N2O2/c1-2-20-14-10-8-13(9-11-14)18-16(19)15(17)12-6-4-3-5-7-12/h3-11,15H,2,17H2,1H3,(H,18,19)/t15-/m1/s1. The summed E-state index contributed by atoms with van der Waals surface area (Å²) >= 11 is 0. The van der Waals surface area contributed by atoms with Gasteiger partial charge in [-0.2, -0.15) is 0 Å². The van der Waals surface area contributed by atoms with Gasteiger partial charge in [-0.25, -0.2) is 0 Å². The molecule has 1 atom stereocenters. The highest BCUT2D eigenvalue weighted by molar-refractivity contribution is 5.95. The summed E-state index contributed by atoms with van der Waals surface area (Å²) in [5.74, 6) is 0.540. The molecule has 2 aromatic rings. The van der Waals surface area contributed by atoms with E-state index in [0.29, 0.717) is 12.3 Å². The van der Waals surface area contributed by atoms with Crippen LogP contribution in [0.15, 0.2) is 54.6 Å². The van der Waals surface area contributed by atoms with Crippen LogP contribution >= 0.6 is 0 Å². The fourth-order valence-corrected chi connectivity index (χ4v) is 1.83. The highest BCUT2D eigenvalue weighted by Crippen LogP contribution is 2.17. The van der Waals surface area contributed by atoms with Crippen molar-refractivity contribution in [2.45, 2.75) is 13.0 Å². The summed E-state index contributed by atoms with van der Waals surface area (Å²) in [7, 11) is 0. The largest absolute Gasteiger partial charge is 0.494 e. The van der Waals surface area contributed by atoms with Crippen LogP contribution in [-0.4, -0.2) is 12.5 Å². The predicted octanol–water partition coefficient (Wildman–Crippen LogP) is 2.72. The molecule has 0 saturated carbocycles. The number of benzene rings is 2. The molecule has 0 aliphatic heterocycles. The van der Waals surface area contributed by atoms with E-state index in [1.165, 1.54) is 0 Å². The Morgan fingerprint density at radius 2 is 1.80 bits per heavy atom. The molecule has 0 fully saturated rings. The van der Waals surface area contributed by atoms with Crippen LogP contribution in [0.1, 0.15) is 18.5 Å². The monoisotopic (exact) mass is 270 g/mol. The van der Waals surface area contributed by atoms with Gasteiger partial charge in [-0.1, -0.05) is 30.3 Å². The average molecular weight is 270 g/mol. The number of nitrogens with one attached hydrogen (secondary N) is 1. The fourth-order valence-electron chi connectivity index (χ4n) is 1.83. The Morgan fingerprint density at radius 1 is 1.15 bits per heavy atom. The molecule has 4 heteroatoms. The van der Waals surface area contributed by atoms with Crippen molar-refractivity contribution in [2.24, 2.45) is 5.73 Å². The van der Waals surface area contributed by atoms with Crippen LogP contribution in [0.4, 0.5) is 5.69 Å². The normalized spacial score (nSPS) is 11.7. The summed E-state index contributed by atoms with van der Waals surface area (Å²) in [4.78, 5) is 12.1. The summed E-state index contributed by atoms with van der Waals surface area (Å²) in [5, 5.41) is 2.79. The Morgan fingerprint density at radius 3 is 2.40 bits per heavy atom. The topological polar surface area (TPSA) is 64.3 Å². The second-order valence-electron chi connectivity index (χ2n) is 4.33. The number of carbonyl (C=O) groups excluding carboxylic acids is 1. The number of carbonyl (C=O) groups is 1. The molecule has 3 N–H and O–H groups in total. The SMILES string of the molecule is CCOc1ccc(NC(=O)[C@H](N)c2ccccc2)cc1. The third kappa shape index (κ3) is 3.59. The average Bonchev–Trinajstić information content (AvgIpc) is 2.49. The molecule has 0 heterocycles. The number of anilines is 1. The molecule has 0 radical (unpaired) electrons. The maximum absolute atomic E-state index is 12.1. The van der Waals surface area contributed by atoms with Crippen LogP contribution in [0.25, 0.3) is 0 Å². The van der Waals surface area contributed by atoms with Crippen molar-refractivity contribution < 1.29 is 9.53 Å². The van der Waals surface area contributed by atoms with E-state index >= 15 is 0 Å². The second-order valence-corrected chi connectivity index (χ2v) is 4.33. The van der Waals surface area contributed by atoms with Crippen molar-refractivity contribution in [3.05, 3.63) is 60.2 Å². The molecule has 0 spiro atoms. The van der Waals surface area contributed by atoms with Crippen molar-refractivity contribution in [1.82, 2.24) is 0 Å². The Kier molecular flexibility index (Phi) is 4.74. The Bertz CT molecular complexity index is 552. The van der Waals surface area contributed by atoms with E-state index in [-0.39, 0.29) is 5.91 Å². The van der Waals surface area contributed by atoms with Crippen molar-refractivity contribution in [2.75, 3.05) is 11.9 Å². The maximum atomic E-state index is 12.1. The third-order valence-electron chi connectivity index (χ3n) is 2.87. The van der Waals surface area contributed by atoms with E-state index in [9.17, 15) is 4.79 Å². The third-order valence-corrected chi connectivity index (χ3v) is 2.87. The van der Waals surface area contributed by atoms with E-state index in [2.05, 4.69) is 5.32 Å². The fraction of sp³-hybridized carbons (Fsp3) is 0.188. The van der Waals surface area contributed by atoms with Crippen LogP contribution in [0.2, 0.25) is 0 Å². The van der Waals surface area contributed by atoms with Gasteiger partial charge in [-0.15, -0.1) is 0 Å². The van der Waals surface area contributed by atoms with Gasteiger partial charge in [0.25, 0.3) is 0 Å². The molecule has 0 bridgehead atoms. The lowest BCUT2D eigenvalue weighted by Gasteiger charge is -2.13. The van der Waals surface area contributed by atoms with Crippen molar-refractivity contribution >= 4 is 11.6 Å². The van der Waals surface area contributed by atoms with Gasteiger partial charge in [0.05, 0.1) is 6.61 Å². The minimum absolute atomic E-state index is 0.236. The zero-order valence-electron chi connectivity index (χ0n) is 11.4. The van der Waals surface area contributed by atoms with E-state index in [4.69, 9.17) is 10.5 Å². The first-order valence-corrected chi connectivity index (χ1v) is 6.55. The second kappa shape index (κ2) is 6.73. The molecular formula is C16H18N2O2. The zero-order chi connectivity index (χ0) is 14.4. The minimum atomic E-state index is -0.678. The summed E-state index contributed by atoms with van der Waals surface area (Å²) in [6, 6.07) is 15.8. The molecule has 0 aliphatic rings. The Labute approximate surface area is 118 Å². The van der Waals surface area contributed by atoms with Crippen LogP contribution in [0, 0.1) is 0 Å².